The van der Waals surface area contributed by atoms with Crippen molar-refractivity contribution in [2.24, 2.45) is 17.3 Å². The van der Waals surface area contributed by atoms with E-state index in [0.717, 1.165) is 6.42 Å². The lowest BCUT2D eigenvalue weighted by Gasteiger charge is -2.08. The third-order valence-electron chi connectivity index (χ3n) is 2.42. The summed E-state index contributed by atoms with van der Waals surface area (Å²) in [6, 6.07) is 0. The highest BCUT2D eigenvalue weighted by atomic mass is 16.7. The highest BCUT2D eigenvalue weighted by Gasteiger charge is 2.50. The molecule has 3 nitrogen and oxygen atoms in total. The van der Waals surface area contributed by atoms with Gasteiger partial charge in [-0.25, -0.2) is 5.48 Å². The van der Waals surface area contributed by atoms with Crippen molar-refractivity contribution in [1.82, 2.24) is 5.48 Å². The molecule has 13 heavy (non-hydrogen) atoms. The summed E-state index contributed by atoms with van der Waals surface area (Å²) in [6.45, 7) is 8.87. The summed E-state index contributed by atoms with van der Waals surface area (Å²) >= 11 is 0. The smallest absolute Gasteiger partial charge is 0.247 e. The van der Waals surface area contributed by atoms with Crippen LogP contribution in [0.25, 0.3) is 0 Å². The molecule has 1 aliphatic carbocycles. The number of nitrogens with one attached hydrogen (secondary N) is 1. The van der Waals surface area contributed by atoms with Crippen molar-refractivity contribution in [2.45, 2.75) is 34.1 Å². The molecule has 0 radical (unpaired) electrons. The van der Waals surface area contributed by atoms with E-state index < -0.39 is 0 Å². The Morgan fingerprint density at radius 3 is 2.54 bits per heavy atom. The summed E-state index contributed by atoms with van der Waals surface area (Å²) in [7, 11) is 0. The summed E-state index contributed by atoms with van der Waals surface area (Å²) in [5, 5.41) is 0. The van der Waals surface area contributed by atoms with Gasteiger partial charge in [-0.15, -0.1) is 0 Å². The Kier molecular flexibility index (Phi) is 2.96. The van der Waals surface area contributed by atoms with Crippen LogP contribution in [0.2, 0.25) is 0 Å². The third kappa shape index (κ3) is 2.99. The van der Waals surface area contributed by atoms with Crippen LogP contribution in [-0.4, -0.2) is 12.5 Å². The van der Waals surface area contributed by atoms with Crippen molar-refractivity contribution in [3.8, 4) is 0 Å². The van der Waals surface area contributed by atoms with Crippen LogP contribution in [0.1, 0.15) is 34.1 Å². The second-order valence-corrected chi connectivity index (χ2v) is 4.92. The first kappa shape index (κ1) is 10.5. The fourth-order valence-electron chi connectivity index (χ4n) is 1.27. The second-order valence-electron chi connectivity index (χ2n) is 4.92. The Balaban J connectivity index is 2.13. The van der Waals surface area contributed by atoms with Crippen LogP contribution in [0, 0.1) is 17.3 Å². The van der Waals surface area contributed by atoms with Gasteiger partial charge in [0.1, 0.15) is 0 Å². The highest BCUT2D eigenvalue weighted by molar-refractivity contribution is 5.81. The van der Waals surface area contributed by atoms with Gasteiger partial charge in [-0.1, -0.05) is 27.7 Å². The van der Waals surface area contributed by atoms with Crippen LogP contribution < -0.4 is 5.48 Å². The Hall–Kier alpha value is -0.570. The van der Waals surface area contributed by atoms with Crippen molar-refractivity contribution >= 4 is 5.91 Å². The summed E-state index contributed by atoms with van der Waals surface area (Å²) in [6.07, 6.45) is 0.976. The summed E-state index contributed by atoms with van der Waals surface area (Å²) in [5.41, 5.74) is 2.68. The number of hydrogen-bond donors (Lipinski definition) is 1. The van der Waals surface area contributed by atoms with E-state index in [1.807, 2.05) is 13.8 Å². The maximum atomic E-state index is 11.4. The molecule has 0 bridgehead atoms. The molecular formula is C10H19NO2. The van der Waals surface area contributed by atoms with Crippen molar-refractivity contribution in [3.05, 3.63) is 0 Å². The lowest BCUT2D eigenvalue weighted by molar-refractivity contribution is -0.136. The summed E-state index contributed by atoms with van der Waals surface area (Å²) in [5.74, 6) is 0.637. The molecule has 0 heterocycles. The van der Waals surface area contributed by atoms with Gasteiger partial charge in [0.2, 0.25) is 5.91 Å². The van der Waals surface area contributed by atoms with E-state index in [2.05, 4.69) is 19.3 Å². The number of hydroxylamine groups is 1. The topological polar surface area (TPSA) is 38.3 Å². The minimum Gasteiger partial charge on any atom is -0.273 e. The van der Waals surface area contributed by atoms with E-state index in [9.17, 15) is 4.79 Å². The largest absolute Gasteiger partial charge is 0.273 e. The Morgan fingerprint density at radius 1 is 1.62 bits per heavy atom. The first-order valence-electron chi connectivity index (χ1n) is 4.85. The lowest BCUT2D eigenvalue weighted by atomic mass is 10.1. The van der Waals surface area contributed by atoms with Crippen molar-refractivity contribution < 1.29 is 9.63 Å². The van der Waals surface area contributed by atoms with Crippen LogP contribution in [-0.2, 0) is 9.63 Å². The molecule has 1 atom stereocenters. The molecule has 1 unspecified atom stereocenters. The van der Waals surface area contributed by atoms with Crippen LogP contribution in [0.4, 0.5) is 0 Å². The van der Waals surface area contributed by atoms with Gasteiger partial charge in [-0.2, -0.15) is 0 Å². The summed E-state index contributed by atoms with van der Waals surface area (Å²) < 4.78 is 0. The molecule has 0 saturated heterocycles. The number of hydrogen-bond acceptors (Lipinski definition) is 2. The van der Waals surface area contributed by atoms with Gasteiger partial charge >= 0.3 is 0 Å². The minimum atomic E-state index is 0.0330. The maximum Gasteiger partial charge on any atom is 0.247 e. The molecule has 0 aromatic rings. The molecule has 0 aromatic carbocycles. The minimum absolute atomic E-state index is 0.0330. The molecule has 0 aromatic heterocycles. The van der Waals surface area contributed by atoms with Gasteiger partial charge in [0.05, 0.1) is 6.61 Å². The standard InChI is InChI=1S/C10H19NO2/c1-7(2)6-13-11-9(12)8-5-10(8,3)4/h7-8H,5-6H2,1-4H3,(H,11,12). The molecule has 1 fully saturated rings. The zero-order valence-electron chi connectivity index (χ0n) is 8.89. The molecule has 3 heteroatoms. The van der Waals surface area contributed by atoms with E-state index in [1.54, 1.807) is 0 Å². The predicted octanol–water partition coefficient (Wildman–Crippen LogP) is 1.74. The molecule has 76 valence electrons. The third-order valence-corrected chi connectivity index (χ3v) is 2.42. The predicted molar refractivity (Wildman–Crippen MR) is 50.8 cm³/mol. The average molecular weight is 185 g/mol. The normalized spacial score (nSPS) is 24.5. The summed E-state index contributed by atoms with van der Waals surface area (Å²) in [4.78, 5) is 16.4. The average Bonchev–Trinajstić information content (AvgIpc) is 2.59. The van der Waals surface area contributed by atoms with Crippen LogP contribution >= 0.6 is 0 Å². The molecule has 1 rings (SSSR count). The molecular weight excluding hydrogens is 166 g/mol. The van der Waals surface area contributed by atoms with Crippen molar-refractivity contribution in [1.29, 1.82) is 0 Å². The highest BCUT2D eigenvalue weighted by Crippen LogP contribution is 2.51. The number of amides is 1. The van der Waals surface area contributed by atoms with E-state index in [0.29, 0.717) is 12.5 Å². The first-order chi connectivity index (χ1) is 5.93. The SMILES string of the molecule is CC(C)CONC(=O)C1CC1(C)C. The van der Waals surface area contributed by atoms with E-state index in [1.165, 1.54) is 0 Å². The lowest BCUT2D eigenvalue weighted by Crippen LogP contribution is -2.28. The van der Waals surface area contributed by atoms with Gasteiger partial charge < -0.3 is 0 Å². The zero-order valence-corrected chi connectivity index (χ0v) is 8.89. The Labute approximate surface area is 79.8 Å². The van der Waals surface area contributed by atoms with E-state index in [4.69, 9.17) is 4.84 Å². The monoisotopic (exact) mass is 185 g/mol. The van der Waals surface area contributed by atoms with Crippen LogP contribution in [0.3, 0.4) is 0 Å². The Morgan fingerprint density at radius 2 is 2.15 bits per heavy atom. The number of rotatable bonds is 4. The molecule has 0 aliphatic heterocycles. The van der Waals surface area contributed by atoms with Gasteiger partial charge in [0.15, 0.2) is 0 Å². The number of carbonyl (C=O) groups is 1. The molecule has 1 aliphatic rings. The van der Waals surface area contributed by atoms with E-state index >= 15 is 0 Å². The van der Waals surface area contributed by atoms with Gasteiger partial charge in [0, 0.05) is 5.92 Å². The quantitative estimate of drug-likeness (QED) is 0.677. The van der Waals surface area contributed by atoms with E-state index in [-0.39, 0.29) is 17.2 Å². The van der Waals surface area contributed by atoms with Crippen LogP contribution in [0.5, 0.6) is 0 Å². The van der Waals surface area contributed by atoms with Gasteiger partial charge in [-0.05, 0) is 17.8 Å². The van der Waals surface area contributed by atoms with Gasteiger partial charge in [-0.3, -0.25) is 9.63 Å². The second kappa shape index (κ2) is 3.66. The number of carbonyl (C=O) groups excluding carboxylic acids is 1. The van der Waals surface area contributed by atoms with Crippen LogP contribution in [0.15, 0.2) is 0 Å². The fourth-order valence-corrected chi connectivity index (χ4v) is 1.27. The zero-order chi connectivity index (χ0) is 10.1. The van der Waals surface area contributed by atoms with Crippen molar-refractivity contribution in [2.75, 3.05) is 6.61 Å². The van der Waals surface area contributed by atoms with Crippen molar-refractivity contribution in [3.63, 3.8) is 0 Å². The Bertz CT molecular complexity index is 199. The maximum absolute atomic E-state index is 11.4. The molecule has 0 spiro atoms. The molecule has 1 N–H and O–H groups in total. The first-order valence-corrected chi connectivity index (χ1v) is 4.85. The molecule has 1 amide bonds. The molecule has 1 saturated carbocycles. The van der Waals surface area contributed by atoms with Gasteiger partial charge in [0.25, 0.3) is 0 Å². The fraction of sp³-hybridized carbons (Fsp3) is 0.900.